The van der Waals surface area contributed by atoms with Gasteiger partial charge in [-0.05, 0) is 20.8 Å². The average Bonchev–Trinajstić information content (AvgIpc) is 3.12. The molecule has 2 heterocycles. The van der Waals surface area contributed by atoms with Crippen LogP contribution in [0.5, 0.6) is 0 Å². The molecule has 0 saturated carbocycles. The maximum Gasteiger partial charge on any atom is 0.407 e. The number of amides is 1. The summed E-state index contributed by atoms with van der Waals surface area (Å²) in [7, 11) is -1.31. The van der Waals surface area contributed by atoms with E-state index >= 15 is 0 Å². The fourth-order valence-corrected chi connectivity index (χ4v) is 4.27. The lowest BCUT2D eigenvalue weighted by molar-refractivity contribution is 0.0531. The number of aromatic nitrogens is 3. The van der Waals surface area contributed by atoms with Gasteiger partial charge in [0.25, 0.3) is 0 Å². The van der Waals surface area contributed by atoms with E-state index in [1.165, 1.54) is 11.3 Å². The zero-order valence-corrected chi connectivity index (χ0v) is 16.4. The molecule has 1 amide bonds. The SMILES string of the molecule is CC(C)(C)OC(=O)NCCS(=O)c1nn2cc(-c3ccccc3)nc2s1. The topological polar surface area (TPSA) is 85.6 Å². The van der Waals surface area contributed by atoms with Crippen LogP contribution in [0.15, 0.2) is 40.9 Å². The molecule has 1 atom stereocenters. The first-order valence-corrected chi connectivity index (χ1v) is 10.2. The van der Waals surface area contributed by atoms with Crippen LogP contribution < -0.4 is 5.32 Å². The van der Waals surface area contributed by atoms with Crippen LogP contribution in [0.2, 0.25) is 0 Å². The Morgan fingerprint density at radius 1 is 1.31 bits per heavy atom. The number of alkyl carbamates (subject to hydrolysis) is 1. The number of carbonyl (C=O) groups excluding carboxylic acids is 1. The Kier molecular flexibility index (Phi) is 5.38. The molecule has 0 aliphatic carbocycles. The van der Waals surface area contributed by atoms with Crippen molar-refractivity contribution in [1.82, 2.24) is 19.9 Å². The van der Waals surface area contributed by atoms with Crippen molar-refractivity contribution in [3.8, 4) is 11.3 Å². The van der Waals surface area contributed by atoms with Crippen LogP contribution in [0.3, 0.4) is 0 Å². The summed E-state index contributed by atoms with van der Waals surface area (Å²) in [6.07, 6.45) is 1.30. The Morgan fingerprint density at radius 3 is 2.69 bits per heavy atom. The number of hydrogen-bond acceptors (Lipinski definition) is 6. The Labute approximate surface area is 157 Å². The van der Waals surface area contributed by atoms with Gasteiger partial charge >= 0.3 is 6.09 Å². The Hall–Kier alpha value is -2.26. The van der Waals surface area contributed by atoms with Gasteiger partial charge in [0.1, 0.15) is 5.60 Å². The van der Waals surface area contributed by atoms with Crippen molar-refractivity contribution in [2.24, 2.45) is 0 Å². The Morgan fingerprint density at radius 2 is 2.04 bits per heavy atom. The molecule has 1 aromatic carbocycles. The summed E-state index contributed by atoms with van der Waals surface area (Å²) in [6, 6.07) is 9.82. The lowest BCUT2D eigenvalue weighted by Crippen LogP contribution is -2.34. The summed E-state index contributed by atoms with van der Waals surface area (Å²) in [5, 5.41) is 6.94. The highest BCUT2D eigenvalue weighted by Crippen LogP contribution is 2.23. The summed E-state index contributed by atoms with van der Waals surface area (Å²) in [5.41, 5.74) is 1.28. The van der Waals surface area contributed by atoms with Gasteiger partial charge in [-0.1, -0.05) is 41.7 Å². The van der Waals surface area contributed by atoms with E-state index in [1.807, 2.05) is 36.5 Å². The highest BCUT2D eigenvalue weighted by Gasteiger charge is 2.17. The summed E-state index contributed by atoms with van der Waals surface area (Å²) >= 11 is 1.29. The second-order valence-electron chi connectivity index (χ2n) is 6.57. The minimum absolute atomic E-state index is 0.249. The largest absolute Gasteiger partial charge is 0.444 e. The zero-order valence-electron chi connectivity index (χ0n) is 14.8. The molecule has 0 bridgehead atoms. The van der Waals surface area contributed by atoms with Gasteiger partial charge in [-0.15, -0.1) is 5.10 Å². The van der Waals surface area contributed by atoms with Crippen LogP contribution in [-0.4, -0.2) is 42.8 Å². The van der Waals surface area contributed by atoms with E-state index in [1.54, 1.807) is 25.3 Å². The molecule has 1 N–H and O–H groups in total. The smallest absolute Gasteiger partial charge is 0.407 e. The summed E-state index contributed by atoms with van der Waals surface area (Å²) in [6.45, 7) is 5.62. The molecular weight excluding hydrogens is 372 g/mol. The van der Waals surface area contributed by atoms with Crippen LogP contribution in [0, 0.1) is 0 Å². The van der Waals surface area contributed by atoms with Crippen molar-refractivity contribution in [3.05, 3.63) is 36.5 Å². The zero-order chi connectivity index (χ0) is 18.7. The molecule has 26 heavy (non-hydrogen) atoms. The standard InChI is InChI=1S/C17H20N4O3S2/c1-17(2,3)24-15(22)18-9-10-26(23)16-20-21-11-13(19-14(21)25-16)12-7-5-4-6-8-12/h4-8,11H,9-10H2,1-3H3,(H,18,22). The first-order valence-electron chi connectivity index (χ1n) is 8.09. The number of ether oxygens (including phenoxy) is 1. The monoisotopic (exact) mass is 392 g/mol. The van der Waals surface area contributed by atoms with E-state index in [0.29, 0.717) is 9.30 Å². The number of hydrogen-bond donors (Lipinski definition) is 1. The van der Waals surface area contributed by atoms with E-state index < -0.39 is 22.5 Å². The first-order chi connectivity index (χ1) is 12.3. The maximum atomic E-state index is 12.4. The van der Waals surface area contributed by atoms with Crippen molar-refractivity contribution in [3.63, 3.8) is 0 Å². The van der Waals surface area contributed by atoms with Crippen LogP contribution in [0.1, 0.15) is 20.8 Å². The lowest BCUT2D eigenvalue weighted by Gasteiger charge is -2.19. The number of benzene rings is 1. The number of fused-ring (bicyclic) bond motifs is 1. The summed E-state index contributed by atoms with van der Waals surface area (Å²) in [4.78, 5) is 16.8. The van der Waals surface area contributed by atoms with E-state index in [9.17, 15) is 9.00 Å². The third kappa shape index (κ3) is 4.67. The number of nitrogens with zero attached hydrogens (tertiary/aromatic N) is 3. The van der Waals surface area contributed by atoms with Crippen LogP contribution in [0.25, 0.3) is 16.2 Å². The second-order valence-corrected chi connectivity index (χ2v) is 9.27. The molecule has 0 aliphatic heterocycles. The third-order valence-corrected chi connectivity index (χ3v) is 5.82. The second kappa shape index (κ2) is 7.55. The normalized spacial score (nSPS) is 12.9. The third-order valence-electron chi connectivity index (χ3n) is 3.24. The van der Waals surface area contributed by atoms with E-state index in [4.69, 9.17) is 4.74 Å². The van der Waals surface area contributed by atoms with E-state index in [0.717, 1.165) is 11.3 Å². The van der Waals surface area contributed by atoms with E-state index in [2.05, 4.69) is 15.4 Å². The molecule has 0 spiro atoms. The van der Waals surface area contributed by atoms with Gasteiger partial charge < -0.3 is 10.1 Å². The van der Waals surface area contributed by atoms with Crippen LogP contribution in [0.4, 0.5) is 4.79 Å². The summed E-state index contributed by atoms with van der Waals surface area (Å²) in [5.74, 6) is 0.265. The minimum atomic E-state index is -1.31. The van der Waals surface area contributed by atoms with Crippen molar-refractivity contribution in [2.75, 3.05) is 12.3 Å². The van der Waals surface area contributed by atoms with Crippen LogP contribution >= 0.6 is 11.3 Å². The Bertz CT molecular complexity index is 897. The number of nitrogens with one attached hydrogen (secondary N) is 1. The lowest BCUT2D eigenvalue weighted by atomic mass is 10.2. The predicted molar refractivity (Wildman–Crippen MR) is 102 cm³/mol. The van der Waals surface area contributed by atoms with Gasteiger partial charge in [-0.2, -0.15) is 0 Å². The fourth-order valence-electron chi connectivity index (χ4n) is 2.17. The Balaban J connectivity index is 1.59. The molecule has 3 aromatic rings. The number of rotatable bonds is 5. The van der Waals surface area contributed by atoms with Crippen molar-refractivity contribution >= 4 is 33.2 Å². The van der Waals surface area contributed by atoms with Gasteiger partial charge in [0.15, 0.2) is 0 Å². The number of imidazole rings is 1. The minimum Gasteiger partial charge on any atom is -0.444 e. The van der Waals surface area contributed by atoms with Crippen molar-refractivity contribution < 1.29 is 13.7 Å². The summed E-state index contributed by atoms with van der Waals surface area (Å²) < 4.78 is 19.6. The van der Waals surface area contributed by atoms with Gasteiger partial charge in [-0.25, -0.2) is 14.3 Å². The molecule has 0 radical (unpaired) electrons. The molecule has 0 aliphatic rings. The number of carbonyl (C=O) groups is 1. The molecule has 138 valence electrons. The molecule has 1 unspecified atom stereocenters. The quantitative estimate of drug-likeness (QED) is 0.721. The average molecular weight is 393 g/mol. The molecule has 3 rings (SSSR count). The van der Waals surface area contributed by atoms with Crippen molar-refractivity contribution in [2.45, 2.75) is 30.7 Å². The van der Waals surface area contributed by atoms with Gasteiger partial charge in [-0.3, -0.25) is 4.21 Å². The molecular formula is C17H20N4O3S2. The highest BCUT2D eigenvalue weighted by molar-refractivity contribution is 7.87. The molecule has 0 fully saturated rings. The van der Waals surface area contributed by atoms with Gasteiger partial charge in [0.05, 0.1) is 22.7 Å². The van der Waals surface area contributed by atoms with Crippen molar-refractivity contribution in [1.29, 1.82) is 0 Å². The molecule has 2 aromatic heterocycles. The van der Waals surface area contributed by atoms with Crippen LogP contribution in [-0.2, 0) is 15.5 Å². The fraction of sp³-hybridized carbons (Fsp3) is 0.353. The molecule has 9 heteroatoms. The highest BCUT2D eigenvalue weighted by atomic mass is 32.2. The maximum absolute atomic E-state index is 12.4. The predicted octanol–water partition coefficient (Wildman–Crippen LogP) is 3.09. The first kappa shape index (κ1) is 18.5. The molecule has 7 nitrogen and oxygen atoms in total. The van der Waals surface area contributed by atoms with Gasteiger partial charge in [0, 0.05) is 17.9 Å². The molecule has 0 saturated heterocycles. The van der Waals surface area contributed by atoms with Gasteiger partial charge in [0.2, 0.25) is 9.30 Å². The van der Waals surface area contributed by atoms with E-state index in [-0.39, 0.29) is 12.3 Å².